The molecule has 1 aromatic carbocycles. The summed E-state index contributed by atoms with van der Waals surface area (Å²) in [6, 6.07) is 11.7. The second-order valence-corrected chi connectivity index (χ2v) is 7.10. The summed E-state index contributed by atoms with van der Waals surface area (Å²) in [6.45, 7) is 3.88. The zero-order valence-corrected chi connectivity index (χ0v) is 15.7. The van der Waals surface area contributed by atoms with E-state index in [1.54, 1.807) is 12.4 Å². The second-order valence-electron chi connectivity index (χ2n) is 6.66. The first-order valence-corrected chi connectivity index (χ1v) is 9.37. The van der Waals surface area contributed by atoms with Gasteiger partial charge in [-0.15, -0.1) is 0 Å². The standard InChI is InChI=1S/C20H25ClN4O/c1-2-23-19(24-13-18(26)15-6-10-22-11-7-15)25-14-20(8-9-20)16-4-3-5-17(21)12-16/h3-7,10-12,18,26H,2,8-9,13-14H2,1H3,(H2,23,24,25). The van der Waals surface area contributed by atoms with Gasteiger partial charge in [-0.25, -0.2) is 0 Å². The number of hydrogen-bond acceptors (Lipinski definition) is 3. The smallest absolute Gasteiger partial charge is 0.191 e. The average Bonchev–Trinajstić information content (AvgIpc) is 3.46. The highest BCUT2D eigenvalue weighted by Crippen LogP contribution is 2.48. The number of guanidine groups is 1. The number of hydrogen-bond donors (Lipinski definition) is 3. The first kappa shape index (κ1) is 18.7. The summed E-state index contributed by atoms with van der Waals surface area (Å²) in [6.07, 6.45) is 5.00. The maximum Gasteiger partial charge on any atom is 0.191 e. The summed E-state index contributed by atoms with van der Waals surface area (Å²) in [5.74, 6) is 0.717. The van der Waals surface area contributed by atoms with Crippen LogP contribution in [0.1, 0.15) is 37.0 Å². The SMILES string of the molecule is CCNC(=NCC1(c2cccc(Cl)c2)CC1)NCC(O)c1ccncc1. The van der Waals surface area contributed by atoms with E-state index in [-0.39, 0.29) is 5.41 Å². The van der Waals surface area contributed by atoms with E-state index < -0.39 is 6.10 Å². The van der Waals surface area contributed by atoms with Crippen LogP contribution in [0.15, 0.2) is 53.8 Å². The maximum atomic E-state index is 10.3. The molecule has 6 heteroatoms. The van der Waals surface area contributed by atoms with Crippen LogP contribution in [0.3, 0.4) is 0 Å². The first-order chi connectivity index (χ1) is 12.6. The van der Waals surface area contributed by atoms with Crippen LogP contribution in [-0.2, 0) is 5.41 Å². The van der Waals surface area contributed by atoms with Crippen molar-refractivity contribution >= 4 is 17.6 Å². The van der Waals surface area contributed by atoms with Crippen LogP contribution in [0.25, 0.3) is 0 Å². The first-order valence-electron chi connectivity index (χ1n) is 8.99. The Labute approximate surface area is 159 Å². The van der Waals surface area contributed by atoms with Gasteiger partial charge >= 0.3 is 0 Å². The molecule has 3 N–H and O–H groups in total. The molecule has 2 aromatic rings. The number of aliphatic hydroxyl groups is 1. The number of aliphatic hydroxyl groups excluding tert-OH is 1. The highest BCUT2D eigenvalue weighted by Gasteiger charge is 2.44. The van der Waals surface area contributed by atoms with Gasteiger partial charge in [0.05, 0.1) is 12.6 Å². The van der Waals surface area contributed by atoms with Gasteiger partial charge in [-0.05, 0) is 55.2 Å². The normalized spacial score (nSPS) is 16.8. The third-order valence-corrected chi connectivity index (χ3v) is 4.96. The minimum absolute atomic E-state index is 0.0942. The van der Waals surface area contributed by atoms with Crippen molar-refractivity contribution in [3.8, 4) is 0 Å². The van der Waals surface area contributed by atoms with E-state index in [0.717, 1.165) is 30.0 Å². The molecule has 1 aromatic heterocycles. The fourth-order valence-corrected chi connectivity index (χ4v) is 3.17. The van der Waals surface area contributed by atoms with E-state index in [1.807, 2.05) is 37.3 Å². The highest BCUT2D eigenvalue weighted by atomic mass is 35.5. The van der Waals surface area contributed by atoms with Gasteiger partial charge in [0.25, 0.3) is 0 Å². The average molecular weight is 373 g/mol. The predicted octanol–water partition coefficient (Wildman–Crippen LogP) is 3.06. The fourth-order valence-electron chi connectivity index (χ4n) is 2.98. The molecule has 3 rings (SSSR count). The third-order valence-electron chi connectivity index (χ3n) is 4.73. The lowest BCUT2D eigenvalue weighted by Gasteiger charge is -2.18. The Balaban J connectivity index is 1.62. The van der Waals surface area contributed by atoms with Crippen LogP contribution < -0.4 is 10.6 Å². The molecule has 1 fully saturated rings. The zero-order valence-electron chi connectivity index (χ0n) is 15.0. The molecule has 0 bridgehead atoms. The summed E-state index contributed by atoms with van der Waals surface area (Å²) in [5, 5.41) is 17.5. The number of halogens is 1. The predicted molar refractivity (Wildman–Crippen MR) is 106 cm³/mol. The van der Waals surface area contributed by atoms with Crippen molar-refractivity contribution in [1.29, 1.82) is 0 Å². The van der Waals surface area contributed by atoms with Gasteiger partial charge < -0.3 is 15.7 Å². The van der Waals surface area contributed by atoms with E-state index in [1.165, 1.54) is 5.56 Å². The lowest BCUT2D eigenvalue weighted by molar-refractivity contribution is 0.180. The monoisotopic (exact) mass is 372 g/mol. The summed E-state index contributed by atoms with van der Waals surface area (Å²) in [7, 11) is 0. The summed E-state index contributed by atoms with van der Waals surface area (Å²) < 4.78 is 0. The molecule has 138 valence electrons. The minimum atomic E-state index is -0.607. The molecule has 1 aliphatic rings. The van der Waals surface area contributed by atoms with Crippen molar-refractivity contribution in [2.75, 3.05) is 19.6 Å². The second kappa shape index (κ2) is 8.52. The van der Waals surface area contributed by atoms with Gasteiger partial charge in [0.1, 0.15) is 0 Å². The van der Waals surface area contributed by atoms with Gasteiger partial charge in [-0.3, -0.25) is 9.98 Å². The Morgan fingerprint density at radius 1 is 1.27 bits per heavy atom. The topological polar surface area (TPSA) is 69.5 Å². The number of aromatic nitrogens is 1. The lowest BCUT2D eigenvalue weighted by atomic mass is 9.96. The van der Waals surface area contributed by atoms with Crippen molar-refractivity contribution in [2.45, 2.75) is 31.3 Å². The number of nitrogens with zero attached hydrogens (tertiary/aromatic N) is 2. The molecule has 1 heterocycles. The Bertz CT molecular complexity index is 746. The van der Waals surface area contributed by atoms with E-state index in [9.17, 15) is 5.11 Å². The number of benzene rings is 1. The maximum absolute atomic E-state index is 10.3. The minimum Gasteiger partial charge on any atom is -0.387 e. The summed E-state index contributed by atoms with van der Waals surface area (Å²) in [4.78, 5) is 8.72. The molecule has 1 aliphatic carbocycles. The van der Waals surface area contributed by atoms with E-state index in [2.05, 4.69) is 21.7 Å². The molecule has 0 spiro atoms. The molecule has 0 radical (unpaired) electrons. The summed E-state index contributed by atoms with van der Waals surface area (Å²) in [5.41, 5.74) is 2.18. The van der Waals surface area contributed by atoms with E-state index in [4.69, 9.17) is 16.6 Å². The molecular formula is C20H25ClN4O. The lowest BCUT2D eigenvalue weighted by Crippen LogP contribution is -2.40. The van der Waals surface area contributed by atoms with Crippen LogP contribution in [0.5, 0.6) is 0 Å². The third kappa shape index (κ3) is 4.74. The van der Waals surface area contributed by atoms with Crippen LogP contribution in [0.4, 0.5) is 0 Å². The Kier molecular flexibility index (Phi) is 6.12. The van der Waals surface area contributed by atoms with Crippen molar-refractivity contribution < 1.29 is 5.11 Å². The quantitative estimate of drug-likeness (QED) is 0.516. The molecule has 1 saturated carbocycles. The molecule has 0 saturated heterocycles. The van der Waals surface area contributed by atoms with Crippen LogP contribution in [-0.4, -0.2) is 35.7 Å². The number of nitrogens with one attached hydrogen (secondary N) is 2. The van der Waals surface area contributed by atoms with Crippen LogP contribution in [0, 0.1) is 0 Å². The van der Waals surface area contributed by atoms with Crippen LogP contribution in [0.2, 0.25) is 5.02 Å². The molecule has 1 atom stereocenters. The van der Waals surface area contributed by atoms with Crippen molar-refractivity contribution in [3.63, 3.8) is 0 Å². The van der Waals surface area contributed by atoms with Crippen molar-refractivity contribution in [2.24, 2.45) is 4.99 Å². The number of rotatable bonds is 7. The Morgan fingerprint density at radius 2 is 2.04 bits per heavy atom. The molecule has 5 nitrogen and oxygen atoms in total. The van der Waals surface area contributed by atoms with Gasteiger partial charge in [-0.2, -0.15) is 0 Å². The Hall–Kier alpha value is -2.11. The van der Waals surface area contributed by atoms with Gasteiger partial charge in [-0.1, -0.05) is 23.7 Å². The van der Waals surface area contributed by atoms with Crippen molar-refractivity contribution in [3.05, 3.63) is 64.9 Å². The number of pyridine rings is 1. The van der Waals surface area contributed by atoms with Crippen LogP contribution >= 0.6 is 11.6 Å². The summed E-state index contributed by atoms with van der Waals surface area (Å²) >= 11 is 6.14. The Morgan fingerprint density at radius 3 is 2.69 bits per heavy atom. The zero-order chi connectivity index (χ0) is 18.4. The van der Waals surface area contributed by atoms with Gasteiger partial charge in [0, 0.05) is 35.9 Å². The largest absolute Gasteiger partial charge is 0.387 e. The molecular weight excluding hydrogens is 348 g/mol. The molecule has 1 unspecified atom stereocenters. The molecule has 0 aliphatic heterocycles. The number of aliphatic imine (C=N–C) groups is 1. The molecule has 26 heavy (non-hydrogen) atoms. The van der Waals surface area contributed by atoms with E-state index in [0.29, 0.717) is 19.0 Å². The fraction of sp³-hybridized carbons (Fsp3) is 0.400. The van der Waals surface area contributed by atoms with Crippen molar-refractivity contribution in [1.82, 2.24) is 15.6 Å². The highest BCUT2D eigenvalue weighted by molar-refractivity contribution is 6.30. The van der Waals surface area contributed by atoms with Gasteiger partial charge in [0.2, 0.25) is 0 Å². The van der Waals surface area contributed by atoms with E-state index >= 15 is 0 Å². The van der Waals surface area contributed by atoms with Gasteiger partial charge in [0.15, 0.2) is 5.96 Å². The molecule has 0 amide bonds.